The third-order valence-electron chi connectivity index (χ3n) is 2.28. The highest BCUT2D eigenvalue weighted by Crippen LogP contribution is 2.18. The van der Waals surface area contributed by atoms with Crippen LogP contribution in [0.5, 0.6) is 0 Å². The number of ether oxygens (including phenoxy) is 1. The van der Waals surface area contributed by atoms with Crippen LogP contribution in [0.15, 0.2) is 24.3 Å². The molecule has 0 aliphatic heterocycles. The molecule has 0 aliphatic rings. The van der Waals surface area contributed by atoms with Crippen LogP contribution in [0.1, 0.15) is 31.9 Å². The van der Waals surface area contributed by atoms with Gasteiger partial charge in [0, 0.05) is 18.2 Å². The lowest BCUT2D eigenvalue weighted by atomic mass is 10.1. The average Bonchev–Trinajstić information content (AvgIpc) is 2.25. The Hall–Kier alpha value is -2.17. The number of esters is 1. The molecule has 0 radical (unpaired) electrons. The fraction of sp³-hybridized carbons (Fsp3) is 0.357. The molecule has 0 fully saturated rings. The zero-order valence-electron chi connectivity index (χ0n) is 11.5. The molecule has 0 unspecified atom stereocenters. The van der Waals surface area contributed by atoms with Crippen LogP contribution in [-0.2, 0) is 9.53 Å². The smallest absolute Gasteiger partial charge is 0.331 e. The summed E-state index contributed by atoms with van der Waals surface area (Å²) in [6, 6.07) is 4.50. The number of hydrogen-bond donors (Lipinski definition) is 0. The first-order valence-electron chi connectivity index (χ1n) is 5.85. The van der Waals surface area contributed by atoms with Crippen molar-refractivity contribution in [2.24, 2.45) is 0 Å². The number of aryl methyl sites for hydroxylation is 1. The molecule has 19 heavy (non-hydrogen) atoms. The van der Waals surface area contributed by atoms with E-state index >= 15 is 0 Å². The van der Waals surface area contributed by atoms with Gasteiger partial charge >= 0.3 is 5.97 Å². The standard InChI is InChI=1S/C14H17NO4/c1-10-5-7-12(15(17)18)9-11(10)6-8-13(16)19-14(2,3)4/h5-9H,1-4H3/b8-6+. The summed E-state index contributed by atoms with van der Waals surface area (Å²) in [6.45, 7) is 7.14. The Morgan fingerprint density at radius 1 is 1.37 bits per heavy atom. The van der Waals surface area contributed by atoms with Crippen molar-refractivity contribution in [1.82, 2.24) is 0 Å². The van der Waals surface area contributed by atoms with E-state index in [1.165, 1.54) is 24.3 Å². The van der Waals surface area contributed by atoms with E-state index in [0.717, 1.165) is 5.56 Å². The minimum absolute atomic E-state index is 0.00515. The molecule has 1 rings (SSSR count). The zero-order chi connectivity index (χ0) is 14.6. The number of nitro benzene ring substituents is 1. The molecule has 1 aromatic carbocycles. The molecule has 1 aromatic rings. The lowest BCUT2D eigenvalue weighted by molar-refractivity contribution is -0.384. The number of carbonyl (C=O) groups is 1. The maximum Gasteiger partial charge on any atom is 0.331 e. The van der Waals surface area contributed by atoms with Crippen LogP contribution >= 0.6 is 0 Å². The predicted molar refractivity (Wildman–Crippen MR) is 72.7 cm³/mol. The summed E-state index contributed by atoms with van der Waals surface area (Å²) in [6.07, 6.45) is 2.80. The second-order valence-corrected chi connectivity index (χ2v) is 5.16. The molecule has 0 amide bonds. The van der Waals surface area contributed by atoms with Crippen LogP contribution in [0.2, 0.25) is 0 Å². The molecule has 0 saturated heterocycles. The number of nitrogens with zero attached hydrogens (tertiary/aromatic N) is 1. The van der Waals surface area contributed by atoms with Gasteiger partial charge in [-0.3, -0.25) is 10.1 Å². The lowest BCUT2D eigenvalue weighted by Gasteiger charge is -2.17. The van der Waals surface area contributed by atoms with Crippen molar-refractivity contribution in [3.63, 3.8) is 0 Å². The largest absolute Gasteiger partial charge is 0.457 e. The van der Waals surface area contributed by atoms with Crippen LogP contribution in [0, 0.1) is 17.0 Å². The van der Waals surface area contributed by atoms with Crippen molar-refractivity contribution < 1.29 is 14.5 Å². The molecule has 102 valence electrons. The van der Waals surface area contributed by atoms with Crippen LogP contribution in [-0.4, -0.2) is 16.5 Å². The van der Waals surface area contributed by atoms with E-state index in [1.807, 2.05) is 6.92 Å². The Morgan fingerprint density at radius 2 is 2.00 bits per heavy atom. The highest BCUT2D eigenvalue weighted by atomic mass is 16.6. The van der Waals surface area contributed by atoms with Gasteiger partial charge in [-0.2, -0.15) is 0 Å². The summed E-state index contributed by atoms with van der Waals surface area (Å²) in [5, 5.41) is 10.7. The monoisotopic (exact) mass is 263 g/mol. The van der Waals surface area contributed by atoms with Gasteiger partial charge in [0.1, 0.15) is 5.60 Å². The van der Waals surface area contributed by atoms with Crippen molar-refractivity contribution in [3.05, 3.63) is 45.5 Å². The Balaban J connectivity index is 2.90. The van der Waals surface area contributed by atoms with E-state index in [-0.39, 0.29) is 5.69 Å². The molecule has 0 atom stereocenters. The molecular formula is C14H17NO4. The SMILES string of the molecule is Cc1ccc([N+](=O)[O-])cc1/C=C/C(=O)OC(C)(C)C. The Bertz CT molecular complexity index is 527. The van der Waals surface area contributed by atoms with E-state index in [1.54, 1.807) is 26.8 Å². The fourth-order valence-electron chi connectivity index (χ4n) is 1.41. The summed E-state index contributed by atoms with van der Waals surface area (Å²) < 4.78 is 5.12. The minimum Gasteiger partial charge on any atom is -0.457 e. The third-order valence-corrected chi connectivity index (χ3v) is 2.28. The van der Waals surface area contributed by atoms with Crippen molar-refractivity contribution in [3.8, 4) is 0 Å². The minimum atomic E-state index is -0.556. The number of rotatable bonds is 3. The topological polar surface area (TPSA) is 69.4 Å². The molecule has 0 heterocycles. The van der Waals surface area contributed by atoms with Gasteiger partial charge in [-0.25, -0.2) is 4.79 Å². The molecule has 0 saturated carbocycles. The van der Waals surface area contributed by atoms with Crippen LogP contribution in [0.3, 0.4) is 0 Å². The Kier molecular flexibility index (Phi) is 4.43. The van der Waals surface area contributed by atoms with E-state index in [2.05, 4.69) is 0 Å². The number of carbonyl (C=O) groups excluding carboxylic acids is 1. The molecular weight excluding hydrogens is 246 g/mol. The Morgan fingerprint density at radius 3 is 2.53 bits per heavy atom. The molecule has 5 heteroatoms. The maximum absolute atomic E-state index is 11.5. The van der Waals surface area contributed by atoms with Crippen molar-refractivity contribution in [2.75, 3.05) is 0 Å². The van der Waals surface area contributed by atoms with Gasteiger partial charge in [0.2, 0.25) is 0 Å². The second kappa shape index (κ2) is 5.65. The summed E-state index contributed by atoms with van der Waals surface area (Å²) >= 11 is 0. The van der Waals surface area contributed by atoms with Crippen LogP contribution in [0.25, 0.3) is 6.08 Å². The first-order chi connectivity index (χ1) is 8.69. The summed E-state index contributed by atoms with van der Waals surface area (Å²) in [4.78, 5) is 21.7. The average molecular weight is 263 g/mol. The van der Waals surface area contributed by atoms with Gasteiger partial charge in [-0.05, 0) is 44.9 Å². The highest BCUT2D eigenvalue weighted by molar-refractivity contribution is 5.87. The van der Waals surface area contributed by atoms with Gasteiger partial charge in [0.05, 0.1) is 4.92 Å². The highest BCUT2D eigenvalue weighted by Gasteiger charge is 2.14. The predicted octanol–water partition coefficient (Wildman–Crippen LogP) is 3.26. The quantitative estimate of drug-likeness (QED) is 0.363. The summed E-state index contributed by atoms with van der Waals surface area (Å²) in [7, 11) is 0. The van der Waals surface area contributed by atoms with Crippen molar-refractivity contribution in [2.45, 2.75) is 33.3 Å². The number of nitro groups is 1. The van der Waals surface area contributed by atoms with Gasteiger partial charge in [0.25, 0.3) is 5.69 Å². The molecule has 0 bridgehead atoms. The number of non-ortho nitro benzene ring substituents is 1. The van der Waals surface area contributed by atoms with Crippen molar-refractivity contribution in [1.29, 1.82) is 0 Å². The molecule has 0 aliphatic carbocycles. The van der Waals surface area contributed by atoms with Crippen molar-refractivity contribution >= 4 is 17.7 Å². The number of hydrogen-bond acceptors (Lipinski definition) is 4. The number of benzene rings is 1. The summed E-state index contributed by atoms with van der Waals surface area (Å²) in [5.41, 5.74) is 0.916. The normalized spacial score (nSPS) is 11.6. The van der Waals surface area contributed by atoms with Gasteiger partial charge < -0.3 is 4.74 Å². The first-order valence-corrected chi connectivity index (χ1v) is 5.85. The van der Waals surface area contributed by atoms with Gasteiger partial charge in [-0.1, -0.05) is 6.07 Å². The van der Waals surface area contributed by atoms with Crippen LogP contribution in [0.4, 0.5) is 5.69 Å². The first kappa shape index (κ1) is 14.9. The molecule has 0 N–H and O–H groups in total. The van der Waals surface area contributed by atoms with E-state index in [0.29, 0.717) is 5.56 Å². The second-order valence-electron chi connectivity index (χ2n) is 5.16. The van der Waals surface area contributed by atoms with Crippen LogP contribution < -0.4 is 0 Å². The fourth-order valence-corrected chi connectivity index (χ4v) is 1.41. The third kappa shape index (κ3) is 4.91. The summed E-state index contributed by atoms with van der Waals surface area (Å²) in [5.74, 6) is -0.474. The zero-order valence-corrected chi connectivity index (χ0v) is 11.5. The molecule has 0 spiro atoms. The van der Waals surface area contributed by atoms with E-state index < -0.39 is 16.5 Å². The maximum atomic E-state index is 11.5. The molecule has 0 aromatic heterocycles. The lowest BCUT2D eigenvalue weighted by Crippen LogP contribution is -2.22. The van der Waals surface area contributed by atoms with E-state index in [4.69, 9.17) is 4.74 Å². The van der Waals surface area contributed by atoms with Gasteiger partial charge in [-0.15, -0.1) is 0 Å². The molecule has 5 nitrogen and oxygen atoms in total. The Labute approximate surface area is 112 Å². The van der Waals surface area contributed by atoms with E-state index in [9.17, 15) is 14.9 Å². The van der Waals surface area contributed by atoms with Gasteiger partial charge in [0.15, 0.2) is 0 Å².